The summed E-state index contributed by atoms with van der Waals surface area (Å²) >= 11 is 0. The van der Waals surface area contributed by atoms with Crippen LogP contribution >= 0.6 is 0 Å². The van der Waals surface area contributed by atoms with Gasteiger partial charge in [-0.3, -0.25) is 0 Å². The minimum atomic E-state index is 0.449. The molecule has 4 nitrogen and oxygen atoms in total. The first-order valence-electron chi connectivity index (χ1n) is 10.4. The van der Waals surface area contributed by atoms with Crippen molar-refractivity contribution in [3.05, 3.63) is 59.5 Å². The van der Waals surface area contributed by atoms with Crippen molar-refractivity contribution in [3.8, 4) is 11.3 Å². The lowest BCUT2D eigenvalue weighted by molar-refractivity contribution is 0.460. The second kappa shape index (κ2) is 6.78. The van der Waals surface area contributed by atoms with Crippen LogP contribution in [0.5, 0.6) is 0 Å². The number of aromatic amines is 1. The molecular weight excluding hydrogens is 344 g/mol. The average molecular weight is 373 g/mol. The molecule has 3 aromatic heterocycles. The lowest BCUT2D eigenvalue weighted by atomic mass is 9.88. The van der Waals surface area contributed by atoms with Crippen LogP contribution in [-0.2, 0) is 0 Å². The van der Waals surface area contributed by atoms with Gasteiger partial charge in [-0.05, 0) is 80.1 Å². The van der Waals surface area contributed by atoms with Crippen molar-refractivity contribution in [2.45, 2.75) is 45.4 Å². The normalized spacial score (nSPS) is 15.9. The van der Waals surface area contributed by atoms with Gasteiger partial charge in [-0.15, -0.1) is 0 Å². The quantitative estimate of drug-likeness (QED) is 0.507. The summed E-state index contributed by atoms with van der Waals surface area (Å²) in [6.45, 7) is 9.04. The molecule has 2 N–H and O–H groups in total. The van der Waals surface area contributed by atoms with E-state index in [1.54, 1.807) is 0 Å². The molecule has 1 saturated heterocycles. The molecular formula is C24H28N4. The lowest BCUT2D eigenvalue weighted by Gasteiger charge is -2.23. The Balaban J connectivity index is 1.70. The first-order chi connectivity index (χ1) is 13.6. The molecule has 0 spiro atoms. The fourth-order valence-corrected chi connectivity index (χ4v) is 4.85. The Hall–Kier alpha value is -2.59. The maximum atomic E-state index is 4.43. The summed E-state index contributed by atoms with van der Waals surface area (Å²) in [6.07, 6.45) is 6.37. The maximum Gasteiger partial charge on any atom is 0.136 e. The minimum absolute atomic E-state index is 0.449. The number of aromatic nitrogens is 3. The first kappa shape index (κ1) is 17.5. The summed E-state index contributed by atoms with van der Waals surface area (Å²) in [5.41, 5.74) is 8.88. The Kier molecular flexibility index (Phi) is 4.24. The summed E-state index contributed by atoms with van der Waals surface area (Å²) in [6, 6.07) is 11.4. The fourth-order valence-electron chi connectivity index (χ4n) is 4.85. The van der Waals surface area contributed by atoms with Crippen LogP contribution in [0.1, 0.15) is 55.3 Å². The number of benzene rings is 1. The van der Waals surface area contributed by atoms with E-state index in [1.165, 1.54) is 51.8 Å². The molecule has 0 radical (unpaired) electrons. The van der Waals surface area contributed by atoms with Crippen LogP contribution in [-0.4, -0.2) is 27.5 Å². The molecule has 4 aromatic rings. The molecule has 1 aliphatic rings. The van der Waals surface area contributed by atoms with E-state index in [9.17, 15) is 0 Å². The summed E-state index contributed by atoms with van der Waals surface area (Å²) < 4.78 is 2.17. The average Bonchev–Trinajstić information content (AvgIpc) is 3.33. The van der Waals surface area contributed by atoms with E-state index in [1.807, 2.05) is 12.4 Å². The molecule has 5 rings (SSSR count). The number of imidazole rings is 1. The predicted molar refractivity (Wildman–Crippen MR) is 116 cm³/mol. The SMILES string of the molecule is Cc1c(-c2[nH]c3ccc(C4CCNCC4)cc3c2C(C)C)ccc2nccn12. The first-order valence-corrected chi connectivity index (χ1v) is 10.4. The molecule has 0 aliphatic carbocycles. The highest BCUT2D eigenvalue weighted by molar-refractivity contribution is 5.92. The summed E-state index contributed by atoms with van der Waals surface area (Å²) in [5, 5.41) is 4.86. The van der Waals surface area contributed by atoms with Crippen molar-refractivity contribution in [1.82, 2.24) is 19.7 Å². The Morgan fingerprint density at radius 2 is 1.93 bits per heavy atom. The zero-order valence-corrected chi connectivity index (χ0v) is 16.9. The molecule has 0 unspecified atom stereocenters. The standard InChI is InChI=1S/C24H28N4/c1-15(2)23-20-14-18(17-8-10-25-11-9-17)4-6-21(20)27-24(23)19-5-7-22-26-12-13-28(22)16(19)3/h4-7,12-15,17,25,27H,8-11H2,1-3H3. The van der Waals surface area contributed by atoms with Gasteiger partial charge in [0.25, 0.3) is 0 Å². The highest BCUT2D eigenvalue weighted by atomic mass is 15.0. The van der Waals surface area contributed by atoms with Crippen molar-refractivity contribution >= 4 is 16.6 Å². The Morgan fingerprint density at radius 3 is 2.71 bits per heavy atom. The fraction of sp³-hybridized carbons (Fsp3) is 0.375. The van der Waals surface area contributed by atoms with E-state index in [2.05, 4.69) is 70.8 Å². The van der Waals surface area contributed by atoms with Crippen molar-refractivity contribution in [2.75, 3.05) is 13.1 Å². The third-order valence-corrected chi connectivity index (χ3v) is 6.34. The largest absolute Gasteiger partial charge is 0.354 e. The van der Waals surface area contributed by atoms with Gasteiger partial charge < -0.3 is 14.7 Å². The van der Waals surface area contributed by atoms with E-state index in [0.717, 1.165) is 18.7 Å². The summed E-state index contributed by atoms with van der Waals surface area (Å²) in [7, 11) is 0. The van der Waals surface area contributed by atoms with Crippen LogP contribution in [0.25, 0.3) is 27.8 Å². The van der Waals surface area contributed by atoms with Gasteiger partial charge in [-0.1, -0.05) is 19.9 Å². The molecule has 1 aliphatic heterocycles. The maximum absolute atomic E-state index is 4.43. The molecule has 0 atom stereocenters. The summed E-state index contributed by atoms with van der Waals surface area (Å²) in [5.74, 6) is 1.12. The number of H-pyrrole nitrogens is 1. The number of piperidine rings is 1. The smallest absolute Gasteiger partial charge is 0.136 e. The van der Waals surface area contributed by atoms with E-state index in [4.69, 9.17) is 0 Å². The Labute approximate surface area is 166 Å². The van der Waals surface area contributed by atoms with E-state index >= 15 is 0 Å². The number of hydrogen-bond acceptors (Lipinski definition) is 2. The van der Waals surface area contributed by atoms with E-state index in [-0.39, 0.29) is 0 Å². The number of aryl methyl sites for hydroxylation is 1. The number of rotatable bonds is 3. The van der Waals surface area contributed by atoms with Gasteiger partial charge in [0.1, 0.15) is 5.65 Å². The number of nitrogens with zero attached hydrogens (tertiary/aromatic N) is 2. The number of hydrogen-bond donors (Lipinski definition) is 2. The van der Waals surface area contributed by atoms with Gasteiger partial charge in [0.05, 0.1) is 5.69 Å². The monoisotopic (exact) mass is 372 g/mol. The Morgan fingerprint density at radius 1 is 1.11 bits per heavy atom. The van der Waals surface area contributed by atoms with Crippen LogP contribution in [0.3, 0.4) is 0 Å². The molecule has 0 bridgehead atoms. The molecule has 1 aromatic carbocycles. The zero-order chi connectivity index (χ0) is 19.3. The second-order valence-corrected chi connectivity index (χ2v) is 8.39. The molecule has 0 saturated carbocycles. The summed E-state index contributed by atoms with van der Waals surface area (Å²) in [4.78, 5) is 8.17. The van der Waals surface area contributed by atoms with Gasteiger partial charge in [0.2, 0.25) is 0 Å². The Bertz CT molecular complexity index is 1140. The highest BCUT2D eigenvalue weighted by Crippen LogP contribution is 2.38. The van der Waals surface area contributed by atoms with Gasteiger partial charge in [-0.2, -0.15) is 0 Å². The van der Waals surface area contributed by atoms with E-state index < -0.39 is 0 Å². The number of fused-ring (bicyclic) bond motifs is 2. The topological polar surface area (TPSA) is 45.1 Å². The van der Waals surface area contributed by atoms with Gasteiger partial charge in [-0.25, -0.2) is 4.98 Å². The molecule has 28 heavy (non-hydrogen) atoms. The second-order valence-electron chi connectivity index (χ2n) is 8.39. The highest BCUT2D eigenvalue weighted by Gasteiger charge is 2.21. The molecule has 1 fully saturated rings. The zero-order valence-electron chi connectivity index (χ0n) is 16.9. The molecule has 4 heterocycles. The van der Waals surface area contributed by atoms with Crippen molar-refractivity contribution in [3.63, 3.8) is 0 Å². The predicted octanol–water partition coefficient (Wildman–Crippen LogP) is 5.38. The van der Waals surface area contributed by atoms with Gasteiger partial charge in [0, 0.05) is 34.6 Å². The van der Waals surface area contributed by atoms with Crippen molar-refractivity contribution in [2.24, 2.45) is 0 Å². The van der Waals surface area contributed by atoms with Crippen LogP contribution in [0.15, 0.2) is 42.7 Å². The third kappa shape index (κ3) is 2.75. The molecule has 144 valence electrons. The number of pyridine rings is 1. The van der Waals surface area contributed by atoms with Gasteiger partial charge in [0.15, 0.2) is 0 Å². The van der Waals surface area contributed by atoms with Crippen LogP contribution < -0.4 is 5.32 Å². The van der Waals surface area contributed by atoms with Crippen molar-refractivity contribution < 1.29 is 0 Å². The minimum Gasteiger partial charge on any atom is -0.354 e. The molecule has 4 heteroatoms. The molecule has 0 amide bonds. The van der Waals surface area contributed by atoms with Crippen molar-refractivity contribution in [1.29, 1.82) is 0 Å². The van der Waals surface area contributed by atoms with Crippen LogP contribution in [0, 0.1) is 6.92 Å². The third-order valence-electron chi connectivity index (χ3n) is 6.34. The lowest BCUT2D eigenvalue weighted by Crippen LogP contribution is -2.26. The van der Waals surface area contributed by atoms with Crippen LogP contribution in [0.4, 0.5) is 0 Å². The van der Waals surface area contributed by atoms with Gasteiger partial charge >= 0.3 is 0 Å². The number of nitrogens with one attached hydrogen (secondary N) is 2. The van der Waals surface area contributed by atoms with Crippen LogP contribution in [0.2, 0.25) is 0 Å². The van der Waals surface area contributed by atoms with E-state index in [0.29, 0.717) is 11.8 Å².